The minimum absolute atomic E-state index is 0. The van der Waals surface area contributed by atoms with Crippen molar-refractivity contribution in [3.8, 4) is 0 Å². The van der Waals surface area contributed by atoms with Gasteiger partial charge in [-0.05, 0) is 44.4 Å². The predicted octanol–water partition coefficient (Wildman–Crippen LogP) is 3.70. The minimum Gasteiger partial charge on any atom is -0.396 e. The Balaban J connectivity index is 0.00000576. The van der Waals surface area contributed by atoms with Crippen LogP contribution in [0.3, 0.4) is 0 Å². The lowest BCUT2D eigenvalue weighted by atomic mass is 9.72. The number of halogens is 1. The molecule has 3 N–H and O–H groups in total. The lowest BCUT2D eigenvalue weighted by Gasteiger charge is -2.35. The fourth-order valence-corrected chi connectivity index (χ4v) is 3.34. The Morgan fingerprint density at radius 2 is 1.80 bits per heavy atom. The quantitative estimate of drug-likeness (QED) is 0.177. The van der Waals surface area contributed by atoms with Crippen LogP contribution in [-0.4, -0.2) is 50.5 Å². The molecule has 6 heteroatoms. The molecule has 0 spiro atoms. The Labute approximate surface area is 171 Å². The van der Waals surface area contributed by atoms with E-state index in [2.05, 4.69) is 24.5 Å². The number of rotatable bonds is 12. The number of nitrogens with zero attached hydrogens (tertiary/aromatic N) is 1. The van der Waals surface area contributed by atoms with Crippen LogP contribution in [0.15, 0.2) is 4.99 Å². The molecule has 150 valence electrons. The maximum Gasteiger partial charge on any atom is 0.191 e. The van der Waals surface area contributed by atoms with Crippen LogP contribution in [0, 0.1) is 5.41 Å². The highest BCUT2D eigenvalue weighted by Gasteiger charge is 2.31. The van der Waals surface area contributed by atoms with Crippen molar-refractivity contribution in [2.45, 2.75) is 71.6 Å². The first kappa shape index (κ1) is 24.9. The molecule has 0 atom stereocenters. The summed E-state index contributed by atoms with van der Waals surface area (Å²) in [5.41, 5.74) is 0.207. The van der Waals surface area contributed by atoms with E-state index in [-0.39, 0.29) is 36.0 Å². The second-order valence-electron chi connectivity index (χ2n) is 6.98. The van der Waals surface area contributed by atoms with E-state index in [1.165, 1.54) is 38.5 Å². The second-order valence-corrected chi connectivity index (χ2v) is 6.98. The first-order valence-corrected chi connectivity index (χ1v) is 9.97. The highest BCUT2D eigenvalue weighted by molar-refractivity contribution is 14.0. The number of ether oxygens (including phenoxy) is 1. The molecule has 0 heterocycles. The SMILES string of the molecule is CCCCOCCCNC(=NCC1(CCO)CCCCC1)NCC.I. The van der Waals surface area contributed by atoms with Gasteiger partial charge in [0.1, 0.15) is 0 Å². The Morgan fingerprint density at radius 3 is 2.44 bits per heavy atom. The van der Waals surface area contributed by atoms with Crippen LogP contribution in [0.25, 0.3) is 0 Å². The number of nitrogens with one attached hydrogen (secondary N) is 2. The predicted molar refractivity (Wildman–Crippen MR) is 117 cm³/mol. The van der Waals surface area contributed by atoms with Gasteiger partial charge in [0.25, 0.3) is 0 Å². The van der Waals surface area contributed by atoms with Crippen molar-refractivity contribution in [2.24, 2.45) is 10.4 Å². The summed E-state index contributed by atoms with van der Waals surface area (Å²) in [4.78, 5) is 4.82. The van der Waals surface area contributed by atoms with Crippen molar-refractivity contribution in [2.75, 3.05) is 39.5 Å². The van der Waals surface area contributed by atoms with E-state index in [1.807, 2.05) is 0 Å². The number of unbranched alkanes of at least 4 members (excludes halogenated alkanes) is 1. The van der Waals surface area contributed by atoms with Gasteiger partial charge in [0.2, 0.25) is 0 Å². The summed E-state index contributed by atoms with van der Waals surface area (Å²) in [5, 5.41) is 16.2. The van der Waals surface area contributed by atoms with Crippen molar-refractivity contribution in [3.05, 3.63) is 0 Å². The minimum atomic E-state index is 0. The molecule has 1 saturated carbocycles. The summed E-state index contributed by atoms with van der Waals surface area (Å²) in [6.45, 7) is 8.78. The zero-order valence-corrected chi connectivity index (χ0v) is 18.6. The molecule has 0 bridgehead atoms. The number of hydrogen-bond acceptors (Lipinski definition) is 3. The number of aliphatic hydroxyl groups is 1. The summed E-state index contributed by atoms with van der Waals surface area (Å²) in [5.74, 6) is 0.897. The van der Waals surface area contributed by atoms with Crippen molar-refractivity contribution in [3.63, 3.8) is 0 Å². The summed E-state index contributed by atoms with van der Waals surface area (Å²) < 4.78 is 5.59. The molecule has 0 saturated heterocycles. The molecule has 0 radical (unpaired) electrons. The van der Waals surface area contributed by atoms with E-state index in [0.717, 1.165) is 58.1 Å². The fourth-order valence-electron chi connectivity index (χ4n) is 3.34. The van der Waals surface area contributed by atoms with E-state index in [0.29, 0.717) is 0 Å². The van der Waals surface area contributed by atoms with Crippen LogP contribution >= 0.6 is 24.0 Å². The lowest BCUT2D eigenvalue weighted by Crippen LogP contribution is -2.39. The zero-order valence-electron chi connectivity index (χ0n) is 16.3. The molecule has 0 aromatic rings. The maximum atomic E-state index is 9.42. The third-order valence-electron chi connectivity index (χ3n) is 4.87. The summed E-state index contributed by atoms with van der Waals surface area (Å²) in [6.07, 6.45) is 10.5. The normalized spacial score (nSPS) is 17.0. The average molecular weight is 469 g/mol. The highest BCUT2D eigenvalue weighted by Crippen LogP contribution is 2.39. The molecule has 1 fully saturated rings. The topological polar surface area (TPSA) is 65.9 Å². The highest BCUT2D eigenvalue weighted by atomic mass is 127. The molecule has 0 aromatic carbocycles. The maximum absolute atomic E-state index is 9.42. The van der Waals surface area contributed by atoms with Gasteiger partial charge in [0, 0.05) is 39.5 Å². The Bertz CT molecular complexity index is 329. The largest absolute Gasteiger partial charge is 0.396 e. The van der Waals surface area contributed by atoms with Gasteiger partial charge in [-0.1, -0.05) is 32.6 Å². The number of guanidine groups is 1. The average Bonchev–Trinajstić information content (AvgIpc) is 2.60. The summed E-state index contributed by atoms with van der Waals surface area (Å²) in [6, 6.07) is 0. The molecule has 0 aliphatic heterocycles. The van der Waals surface area contributed by atoms with Crippen molar-refractivity contribution in [1.82, 2.24) is 10.6 Å². The van der Waals surface area contributed by atoms with E-state index in [1.54, 1.807) is 0 Å². The molecular weight excluding hydrogens is 429 g/mol. The molecular formula is C19H40IN3O2. The Kier molecular flexibility index (Phi) is 16.1. The fraction of sp³-hybridized carbons (Fsp3) is 0.947. The summed E-state index contributed by atoms with van der Waals surface area (Å²) in [7, 11) is 0. The second kappa shape index (κ2) is 16.1. The van der Waals surface area contributed by atoms with Crippen LogP contribution in [0.2, 0.25) is 0 Å². The van der Waals surface area contributed by atoms with Gasteiger partial charge >= 0.3 is 0 Å². The number of aliphatic hydroxyl groups excluding tert-OH is 1. The first-order chi connectivity index (χ1) is 11.8. The van der Waals surface area contributed by atoms with Gasteiger partial charge in [0.15, 0.2) is 5.96 Å². The van der Waals surface area contributed by atoms with E-state index >= 15 is 0 Å². The number of aliphatic imine (C=N–C) groups is 1. The van der Waals surface area contributed by atoms with E-state index < -0.39 is 0 Å². The van der Waals surface area contributed by atoms with Gasteiger partial charge in [-0.2, -0.15) is 0 Å². The van der Waals surface area contributed by atoms with Crippen molar-refractivity contribution < 1.29 is 9.84 Å². The van der Waals surface area contributed by atoms with Gasteiger partial charge in [0.05, 0.1) is 0 Å². The summed E-state index contributed by atoms with van der Waals surface area (Å²) >= 11 is 0. The molecule has 1 aliphatic carbocycles. The van der Waals surface area contributed by atoms with Gasteiger partial charge in [-0.3, -0.25) is 4.99 Å². The third kappa shape index (κ3) is 11.3. The molecule has 0 unspecified atom stereocenters. The van der Waals surface area contributed by atoms with Crippen LogP contribution in [0.1, 0.15) is 71.6 Å². The van der Waals surface area contributed by atoms with E-state index in [9.17, 15) is 5.11 Å². The van der Waals surface area contributed by atoms with Gasteiger partial charge in [-0.25, -0.2) is 0 Å². The first-order valence-electron chi connectivity index (χ1n) is 9.97. The van der Waals surface area contributed by atoms with Gasteiger partial charge in [-0.15, -0.1) is 24.0 Å². The Morgan fingerprint density at radius 1 is 1.08 bits per heavy atom. The smallest absolute Gasteiger partial charge is 0.191 e. The van der Waals surface area contributed by atoms with Crippen molar-refractivity contribution >= 4 is 29.9 Å². The van der Waals surface area contributed by atoms with Crippen LogP contribution < -0.4 is 10.6 Å². The molecule has 5 nitrogen and oxygen atoms in total. The molecule has 0 amide bonds. The standard InChI is InChI=1S/C19H39N3O2.HI/c1-3-5-15-24-16-9-13-21-18(20-4-2)22-17-19(12-14-23)10-7-6-8-11-19;/h23H,3-17H2,1-2H3,(H2,20,21,22);1H. The van der Waals surface area contributed by atoms with Crippen LogP contribution in [0.4, 0.5) is 0 Å². The molecule has 25 heavy (non-hydrogen) atoms. The number of hydrogen-bond donors (Lipinski definition) is 3. The zero-order chi connectivity index (χ0) is 17.5. The monoisotopic (exact) mass is 469 g/mol. The molecule has 1 aliphatic rings. The molecule has 1 rings (SSSR count). The van der Waals surface area contributed by atoms with Crippen LogP contribution in [-0.2, 0) is 4.74 Å². The van der Waals surface area contributed by atoms with E-state index in [4.69, 9.17) is 9.73 Å². The van der Waals surface area contributed by atoms with Crippen molar-refractivity contribution in [1.29, 1.82) is 0 Å². The molecule has 0 aromatic heterocycles. The Hall–Kier alpha value is -0.0800. The van der Waals surface area contributed by atoms with Gasteiger partial charge < -0.3 is 20.5 Å². The third-order valence-corrected chi connectivity index (χ3v) is 4.87. The van der Waals surface area contributed by atoms with Crippen LogP contribution in [0.5, 0.6) is 0 Å². The lowest BCUT2D eigenvalue weighted by molar-refractivity contribution is 0.129.